The summed E-state index contributed by atoms with van der Waals surface area (Å²) in [5.41, 5.74) is 2.34. The molecule has 0 fully saturated rings. The normalized spacial score (nSPS) is 13.1. The molecule has 2 aromatic heterocycles. The van der Waals surface area contributed by atoms with Crippen LogP contribution in [0.1, 0.15) is 54.9 Å². The van der Waals surface area contributed by atoms with Crippen molar-refractivity contribution in [2.75, 3.05) is 5.32 Å². The highest BCUT2D eigenvalue weighted by Gasteiger charge is 2.22. The molecule has 8 nitrogen and oxygen atoms in total. The minimum atomic E-state index is -1.05. The van der Waals surface area contributed by atoms with Crippen LogP contribution in [0.2, 0.25) is 0 Å². The second kappa shape index (κ2) is 8.52. The van der Waals surface area contributed by atoms with Gasteiger partial charge < -0.3 is 15.0 Å². The van der Waals surface area contributed by atoms with Gasteiger partial charge >= 0.3 is 5.97 Å². The fraction of sp³-hybridized carbons (Fsp3) is 0.364. The van der Waals surface area contributed by atoms with Crippen LogP contribution >= 0.6 is 0 Å². The van der Waals surface area contributed by atoms with Crippen molar-refractivity contribution < 1.29 is 14.3 Å². The molecular weight excluding hydrogens is 384 g/mol. The lowest BCUT2D eigenvalue weighted by molar-refractivity contribution is -0.123. The average molecular weight is 410 g/mol. The topological polar surface area (TPSA) is 106 Å². The third kappa shape index (κ3) is 4.12. The van der Waals surface area contributed by atoms with Crippen LogP contribution in [0, 0.1) is 6.92 Å². The Morgan fingerprint density at radius 1 is 1.27 bits per heavy atom. The summed E-state index contributed by atoms with van der Waals surface area (Å²) in [4.78, 5) is 40.4. The number of fused-ring (bicyclic) bond motifs is 1. The van der Waals surface area contributed by atoms with Crippen molar-refractivity contribution in [3.05, 3.63) is 57.5 Å². The molecule has 0 unspecified atom stereocenters. The molecule has 0 aliphatic rings. The van der Waals surface area contributed by atoms with Crippen molar-refractivity contribution in [1.82, 2.24) is 14.8 Å². The predicted octanol–water partition coefficient (Wildman–Crippen LogP) is 3.27. The molecule has 1 aromatic carbocycles. The number of rotatable bonds is 6. The summed E-state index contributed by atoms with van der Waals surface area (Å²) < 4.78 is 6.79. The van der Waals surface area contributed by atoms with E-state index in [4.69, 9.17) is 4.74 Å². The van der Waals surface area contributed by atoms with E-state index in [-0.39, 0.29) is 17.0 Å². The molecule has 0 aliphatic heterocycles. The number of hydrogen-bond donors (Lipinski definition) is 2. The Morgan fingerprint density at radius 3 is 2.67 bits per heavy atom. The van der Waals surface area contributed by atoms with Crippen molar-refractivity contribution in [3.63, 3.8) is 0 Å². The molecule has 158 valence electrons. The van der Waals surface area contributed by atoms with Gasteiger partial charge in [-0.2, -0.15) is 5.10 Å². The number of carbonyl (C=O) groups excluding carboxylic acids is 2. The molecule has 0 radical (unpaired) electrons. The summed E-state index contributed by atoms with van der Waals surface area (Å²) in [5.74, 6) is -0.955. The van der Waals surface area contributed by atoms with Gasteiger partial charge in [-0.3, -0.25) is 14.3 Å². The van der Waals surface area contributed by atoms with Crippen LogP contribution in [0.15, 0.2) is 35.1 Å². The van der Waals surface area contributed by atoms with Crippen LogP contribution in [0.4, 0.5) is 5.69 Å². The second-order valence-corrected chi connectivity index (χ2v) is 7.41. The van der Waals surface area contributed by atoms with Gasteiger partial charge in [-0.25, -0.2) is 4.79 Å². The first-order valence-electron chi connectivity index (χ1n) is 9.90. The van der Waals surface area contributed by atoms with E-state index in [9.17, 15) is 14.4 Å². The lowest BCUT2D eigenvalue weighted by Crippen LogP contribution is -2.31. The maximum absolute atomic E-state index is 12.6. The number of carbonyl (C=O) groups is 2. The van der Waals surface area contributed by atoms with E-state index in [0.29, 0.717) is 22.4 Å². The van der Waals surface area contributed by atoms with Crippen molar-refractivity contribution >= 4 is 28.6 Å². The van der Waals surface area contributed by atoms with Crippen molar-refractivity contribution in [3.8, 4) is 0 Å². The molecule has 0 saturated carbocycles. The molecule has 1 amide bonds. The van der Waals surface area contributed by atoms with Crippen LogP contribution in [0.3, 0.4) is 0 Å². The summed E-state index contributed by atoms with van der Waals surface area (Å²) in [6.45, 7) is 7.37. The predicted molar refractivity (Wildman–Crippen MR) is 115 cm³/mol. The number of aryl methyl sites for hydroxylation is 2. The maximum atomic E-state index is 12.6. The first kappa shape index (κ1) is 21.3. The van der Waals surface area contributed by atoms with Gasteiger partial charge in [0.05, 0.1) is 11.1 Å². The molecule has 3 rings (SSSR count). The van der Waals surface area contributed by atoms with E-state index < -0.39 is 18.0 Å². The van der Waals surface area contributed by atoms with Crippen LogP contribution in [-0.2, 0) is 16.6 Å². The Bertz CT molecular complexity index is 1160. The van der Waals surface area contributed by atoms with E-state index in [0.717, 1.165) is 12.0 Å². The Hall–Kier alpha value is -3.42. The number of esters is 1. The third-order valence-corrected chi connectivity index (χ3v) is 5.23. The summed E-state index contributed by atoms with van der Waals surface area (Å²) in [7, 11) is 1.67. The lowest BCUT2D eigenvalue weighted by atomic mass is 9.97. The van der Waals surface area contributed by atoms with E-state index in [2.05, 4.69) is 29.2 Å². The van der Waals surface area contributed by atoms with Gasteiger partial charge in [-0.05, 0) is 37.8 Å². The zero-order valence-corrected chi connectivity index (χ0v) is 17.8. The number of para-hydroxylation sites is 1. The summed E-state index contributed by atoms with van der Waals surface area (Å²) >= 11 is 0. The summed E-state index contributed by atoms with van der Waals surface area (Å²) in [6.07, 6.45) is -0.115. The number of benzene rings is 1. The Morgan fingerprint density at radius 2 is 1.97 bits per heavy atom. The number of aromatic nitrogens is 3. The minimum Gasteiger partial charge on any atom is -0.448 e. The first-order chi connectivity index (χ1) is 14.2. The van der Waals surface area contributed by atoms with E-state index in [1.807, 2.05) is 24.3 Å². The SMILES string of the molecule is CC[C@H](C)c1ccccc1NC(=O)[C@@H](C)OC(=O)c1cc(=O)c2c(C)nn(C)c2[nH]1. The standard InChI is InChI=1S/C22H26N4O4/c1-6-12(2)15-9-7-8-10-16(15)24-21(28)14(4)30-22(29)17-11-18(27)19-13(3)25-26(5)20(19)23-17/h7-12,14H,6H2,1-5H3,(H,23,27)(H,24,28)/t12-,14+/m0/s1. The largest absolute Gasteiger partial charge is 0.448 e. The van der Waals surface area contributed by atoms with Crippen LogP contribution in [0.5, 0.6) is 0 Å². The average Bonchev–Trinajstić information content (AvgIpc) is 3.01. The lowest BCUT2D eigenvalue weighted by Gasteiger charge is -2.18. The van der Waals surface area contributed by atoms with Gasteiger partial charge in [0.2, 0.25) is 0 Å². The fourth-order valence-electron chi connectivity index (χ4n) is 3.35. The van der Waals surface area contributed by atoms with E-state index in [1.54, 1.807) is 14.0 Å². The molecule has 0 spiro atoms. The molecule has 2 atom stereocenters. The number of amides is 1. The summed E-state index contributed by atoms with van der Waals surface area (Å²) in [6, 6.07) is 8.73. The van der Waals surface area contributed by atoms with Crippen molar-refractivity contribution in [1.29, 1.82) is 0 Å². The van der Waals surface area contributed by atoms with Crippen LogP contribution in [-0.4, -0.2) is 32.7 Å². The third-order valence-electron chi connectivity index (χ3n) is 5.23. The zero-order chi connectivity index (χ0) is 22.0. The van der Waals surface area contributed by atoms with E-state index >= 15 is 0 Å². The Balaban J connectivity index is 1.76. The molecule has 0 saturated heterocycles. The number of nitrogens with one attached hydrogen (secondary N) is 2. The molecular formula is C22H26N4O4. The number of H-pyrrole nitrogens is 1. The number of anilines is 1. The molecule has 30 heavy (non-hydrogen) atoms. The molecule has 0 aliphatic carbocycles. The molecule has 3 aromatic rings. The van der Waals surface area contributed by atoms with Gasteiger partial charge in [0.25, 0.3) is 5.91 Å². The van der Waals surface area contributed by atoms with Crippen LogP contribution in [0.25, 0.3) is 11.0 Å². The Labute approximate surface area is 174 Å². The Kier molecular flexibility index (Phi) is 6.05. The van der Waals surface area contributed by atoms with Crippen LogP contribution < -0.4 is 10.7 Å². The van der Waals surface area contributed by atoms with Gasteiger partial charge in [0, 0.05) is 18.8 Å². The number of ether oxygens (including phenoxy) is 1. The van der Waals surface area contributed by atoms with Crippen molar-refractivity contribution in [2.24, 2.45) is 7.05 Å². The molecule has 2 N–H and O–H groups in total. The molecule has 8 heteroatoms. The monoisotopic (exact) mass is 410 g/mol. The van der Waals surface area contributed by atoms with Gasteiger partial charge in [0.1, 0.15) is 11.3 Å². The van der Waals surface area contributed by atoms with E-state index in [1.165, 1.54) is 17.7 Å². The second-order valence-electron chi connectivity index (χ2n) is 7.41. The van der Waals surface area contributed by atoms with Gasteiger partial charge in [0.15, 0.2) is 11.5 Å². The molecule has 0 bridgehead atoms. The highest BCUT2D eigenvalue weighted by molar-refractivity contribution is 5.98. The maximum Gasteiger partial charge on any atom is 0.355 e. The van der Waals surface area contributed by atoms with Crippen molar-refractivity contribution in [2.45, 2.75) is 46.1 Å². The fourth-order valence-corrected chi connectivity index (χ4v) is 3.35. The number of pyridine rings is 1. The number of aromatic amines is 1. The van der Waals surface area contributed by atoms with Gasteiger partial charge in [-0.1, -0.05) is 32.0 Å². The smallest absolute Gasteiger partial charge is 0.355 e. The molecule has 2 heterocycles. The van der Waals surface area contributed by atoms with Gasteiger partial charge in [-0.15, -0.1) is 0 Å². The number of nitrogens with zero attached hydrogens (tertiary/aromatic N) is 2. The minimum absolute atomic E-state index is 0.0323. The number of hydrogen-bond acceptors (Lipinski definition) is 5. The first-order valence-corrected chi connectivity index (χ1v) is 9.90. The zero-order valence-electron chi connectivity index (χ0n) is 17.8. The highest BCUT2D eigenvalue weighted by Crippen LogP contribution is 2.26. The summed E-state index contributed by atoms with van der Waals surface area (Å²) in [5, 5.41) is 7.44. The quantitative estimate of drug-likeness (QED) is 0.607. The highest BCUT2D eigenvalue weighted by atomic mass is 16.5.